The summed E-state index contributed by atoms with van der Waals surface area (Å²) in [6.07, 6.45) is 0. The van der Waals surface area contributed by atoms with Crippen LogP contribution in [-0.2, 0) is 5.41 Å². The summed E-state index contributed by atoms with van der Waals surface area (Å²) in [5, 5.41) is 7.21. The largest absolute Gasteiger partial charge is 0.456 e. The Bertz CT molecular complexity index is 5460. The van der Waals surface area contributed by atoms with Crippen LogP contribution in [0.15, 0.2) is 299 Å². The van der Waals surface area contributed by atoms with E-state index in [9.17, 15) is 0 Å². The molecule has 3 aromatic heterocycles. The van der Waals surface area contributed by atoms with Gasteiger partial charge < -0.3 is 18.5 Å². The van der Waals surface area contributed by atoms with E-state index in [1.54, 1.807) is 0 Å². The van der Waals surface area contributed by atoms with Gasteiger partial charge in [-0.1, -0.05) is 220 Å². The summed E-state index contributed by atoms with van der Waals surface area (Å²) in [5.41, 5.74) is 26.6. The normalized spacial score (nSPS) is 12.9. The van der Waals surface area contributed by atoms with Crippen LogP contribution in [0.4, 0.5) is 17.1 Å². The maximum absolute atomic E-state index is 6.73. The van der Waals surface area contributed by atoms with E-state index in [0.717, 1.165) is 61.6 Å². The molecule has 0 saturated carbocycles. The van der Waals surface area contributed by atoms with E-state index in [1.165, 1.54) is 109 Å². The number of fused-ring (bicyclic) bond motifs is 14. The van der Waals surface area contributed by atoms with Crippen molar-refractivity contribution >= 4 is 117 Å². The van der Waals surface area contributed by atoms with Crippen LogP contribution < -0.4 is 21.3 Å². The van der Waals surface area contributed by atoms with Crippen molar-refractivity contribution < 1.29 is 4.42 Å². The molecule has 18 rings (SSSR count). The number of hydrogen-bond donors (Lipinski definition) is 0. The molecule has 414 valence electrons. The number of rotatable bonds is 7. The molecule has 0 aliphatic carbocycles. The third-order valence-corrected chi connectivity index (χ3v) is 19.9. The predicted octanol–water partition coefficient (Wildman–Crippen LogP) is 20.5. The smallest absolute Gasteiger partial charge is 0.249 e. The minimum atomic E-state index is -0.157. The van der Waals surface area contributed by atoms with Gasteiger partial charge in [-0.15, -0.1) is 0 Å². The van der Waals surface area contributed by atoms with Gasteiger partial charge in [-0.3, -0.25) is 0 Å². The van der Waals surface area contributed by atoms with E-state index in [4.69, 9.17) is 4.42 Å². The number of hydrogen-bond acceptors (Lipinski definition) is 3. The summed E-state index contributed by atoms with van der Waals surface area (Å²) in [6, 6.07) is 106. The molecule has 0 unspecified atom stereocenters. The van der Waals surface area contributed by atoms with Crippen LogP contribution in [0.1, 0.15) is 26.3 Å². The van der Waals surface area contributed by atoms with E-state index in [-0.39, 0.29) is 12.1 Å². The number of aromatic nitrogens is 2. The molecule has 0 N–H and O–H groups in total. The van der Waals surface area contributed by atoms with Gasteiger partial charge in [-0.05, 0) is 158 Å². The van der Waals surface area contributed by atoms with Crippen molar-refractivity contribution in [3.05, 3.63) is 291 Å². The van der Waals surface area contributed by atoms with E-state index < -0.39 is 0 Å². The molecule has 16 aromatic rings. The van der Waals surface area contributed by atoms with Gasteiger partial charge in [0.1, 0.15) is 11.2 Å². The van der Waals surface area contributed by atoms with Crippen molar-refractivity contribution in [2.24, 2.45) is 0 Å². The molecule has 2 aliphatic heterocycles. The van der Waals surface area contributed by atoms with Crippen LogP contribution in [0.5, 0.6) is 0 Å². The molecule has 5 heterocycles. The highest BCUT2D eigenvalue weighted by molar-refractivity contribution is 8.00. The van der Waals surface area contributed by atoms with Crippen LogP contribution in [0.25, 0.3) is 121 Å². The molecule has 0 radical (unpaired) electrons. The fraction of sp³-hybridized carbons (Fsp3) is 0.0488. The van der Waals surface area contributed by atoms with Gasteiger partial charge in [0.2, 0.25) is 6.71 Å². The summed E-state index contributed by atoms with van der Waals surface area (Å²) in [7, 11) is 0. The first kappa shape index (κ1) is 50.8. The Morgan fingerprint density at radius 3 is 1.43 bits per heavy atom. The van der Waals surface area contributed by atoms with Crippen molar-refractivity contribution in [1.82, 2.24) is 9.13 Å². The van der Waals surface area contributed by atoms with E-state index >= 15 is 0 Å². The first-order valence-corrected chi connectivity index (χ1v) is 31.3. The lowest BCUT2D eigenvalue weighted by atomic mass is 9.34. The van der Waals surface area contributed by atoms with E-state index in [1.807, 2.05) is 11.8 Å². The Labute approximate surface area is 515 Å². The van der Waals surface area contributed by atoms with Gasteiger partial charge in [-0.25, -0.2) is 0 Å². The first-order chi connectivity index (χ1) is 43.3. The van der Waals surface area contributed by atoms with Crippen LogP contribution in [0, 0.1) is 0 Å². The SMILES string of the molecule is CC(C)(C)c1cc(-c2ccccc2)c(N2c3cc(-c4ccc5c(c4)c4ccccc4n5-c4ccccc4)ccc3B3c4ccc5oc6ccccc6c5c4Sc4cc(-c5ccc6c(c5)c5ccccc5n6-c5ccccc5)cc2c43)c(-c2ccccc2)c1. The van der Waals surface area contributed by atoms with Crippen molar-refractivity contribution in [2.45, 2.75) is 36.0 Å². The van der Waals surface area contributed by atoms with Crippen LogP contribution in [-0.4, -0.2) is 15.8 Å². The zero-order valence-corrected chi connectivity index (χ0v) is 49.7. The molecule has 4 nitrogen and oxygen atoms in total. The molecule has 6 heteroatoms. The Balaban J connectivity index is 0.958. The molecule has 0 saturated heterocycles. The second-order valence-corrected chi connectivity index (χ2v) is 25.8. The van der Waals surface area contributed by atoms with Gasteiger partial charge in [-0.2, -0.15) is 0 Å². The van der Waals surface area contributed by atoms with Crippen molar-refractivity contribution in [3.63, 3.8) is 0 Å². The molecule has 0 atom stereocenters. The summed E-state index contributed by atoms with van der Waals surface area (Å²) in [6.45, 7) is 6.92. The maximum atomic E-state index is 6.73. The lowest BCUT2D eigenvalue weighted by Crippen LogP contribution is -2.59. The molecule has 2 aliphatic rings. The summed E-state index contributed by atoms with van der Waals surface area (Å²) in [5.74, 6) is 0. The van der Waals surface area contributed by atoms with Crippen LogP contribution >= 0.6 is 11.8 Å². The molecule has 0 fully saturated rings. The maximum Gasteiger partial charge on any atom is 0.249 e. The molecular weight excluding hydrogens is 1090 g/mol. The number of para-hydroxylation sites is 5. The zero-order chi connectivity index (χ0) is 58.4. The average molecular weight is 1140 g/mol. The first-order valence-electron chi connectivity index (χ1n) is 30.5. The van der Waals surface area contributed by atoms with E-state index in [2.05, 4.69) is 320 Å². The highest BCUT2D eigenvalue weighted by Crippen LogP contribution is 2.53. The minimum Gasteiger partial charge on any atom is -0.456 e. The third kappa shape index (κ3) is 7.75. The van der Waals surface area contributed by atoms with Crippen molar-refractivity contribution in [2.75, 3.05) is 4.90 Å². The molecule has 0 bridgehead atoms. The topological polar surface area (TPSA) is 26.2 Å². The lowest BCUT2D eigenvalue weighted by Gasteiger charge is -2.42. The molecular formula is C82H56BN3OS. The Hall–Kier alpha value is -10.5. The van der Waals surface area contributed by atoms with Crippen LogP contribution in [0.2, 0.25) is 0 Å². The number of nitrogens with zero attached hydrogens (tertiary/aromatic N) is 3. The number of anilines is 3. The Morgan fingerprint density at radius 1 is 0.364 bits per heavy atom. The Kier molecular flexibility index (Phi) is 11.2. The van der Waals surface area contributed by atoms with Crippen LogP contribution in [0.3, 0.4) is 0 Å². The monoisotopic (exact) mass is 1140 g/mol. The molecule has 88 heavy (non-hydrogen) atoms. The second-order valence-electron chi connectivity index (χ2n) is 24.7. The van der Waals surface area contributed by atoms with Crippen molar-refractivity contribution in [1.29, 1.82) is 0 Å². The quantitative estimate of drug-likeness (QED) is 0.149. The lowest BCUT2D eigenvalue weighted by molar-refractivity contribution is 0.591. The van der Waals surface area contributed by atoms with E-state index in [0.29, 0.717) is 0 Å². The molecule has 0 amide bonds. The summed E-state index contributed by atoms with van der Waals surface area (Å²) >= 11 is 1.90. The number of benzene rings is 13. The van der Waals surface area contributed by atoms with Gasteiger partial charge in [0.25, 0.3) is 0 Å². The summed E-state index contributed by atoms with van der Waals surface area (Å²) < 4.78 is 11.5. The fourth-order valence-electron chi connectivity index (χ4n) is 14.6. The fourth-order valence-corrected chi connectivity index (χ4v) is 16.0. The number of furan rings is 1. The van der Waals surface area contributed by atoms with Gasteiger partial charge in [0.15, 0.2) is 0 Å². The minimum absolute atomic E-state index is 0.111. The third-order valence-electron chi connectivity index (χ3n) is 18.7. The molecule has 13 aromatic carbocycles. The highest BCUT2D eigenvalue weighted by atomic mass is 32.2. The highest BCUT2D eigenvalue weighted by Gasteiger charge is 2.44. The van der Waals surface area contributed by atoms with Gasteiger partial charge >= 0.3 is 0 Å². The average Bonchev–Trinajstić information content (AvgIpc) is 1.06. The molecule has 0 spiro atoms. The standard InChI is InChI=1S/C82H56BN3OS/c1-82(2,3)57-49-63(51-22-8-4-9-23-51)80(64(50-57)52-24-10-5-11-25-52)86-73-46-55(53-37-41-71-65(44-53)60-30-16-19-33-69(60)84(71)58-26-12-6-13-27-58)36-39-67(73)83-68-40-43-76-78(62-32-18-21-35-75(62)87-76)81(68)88-77-48-56(47-74(86)79(77)83)54-38-42-72-66(45-54)61-31-17-20-34-70(61)85(72)59-28-14-7-15-29-59/h4-50H,1-3H3. The second kappa shape index (κ2) is 19.5. The van der Waals surface area contributed by atoms with Gasteiger partial charge in [0, 0.05) is 76.0 Å². The predicted molar refractivity (Wildman–Crippen MR) is 373 cm³/mol. The van der Waals surface area contributed by atoms with Gasteiger partial charge in [0.05, 0.1) is 27.8 Å². The summed E-state index contributed by atoms with van der Waals surface area (Å²) in [4.78, 5) is 5.17. The van der Waals surface area contributed by atoms with Crippen molar-refractivity contribution in [3.8, 4) is 55.9 Å². The zero-order valence-electron chi connectivity index (χ0n) is 48.9. The Morgan fingerprint density at radius 2 is 0.841 bits per heavy atom.